The van der Waals surface area contributed by atoms with Crippen LogP contribution in [-0.2, 0) is 20.9 Å². The molecule has 154 valence electrons. The smallest absolute Gasteiger partial charge is 0.300 e. The van der Waals surface area contributed by atoms with Crippen LogP contribution in [0.2, 0.25) is 5.02 Å². The number of carbonyl (C=O) groups is 3. The monoisotopic (exact) mass is 414 g/mol. The molecule has 0 aliphatic heterocycles. The molecular weight excluding hydrogens is 391 g/mol. The number of benzene rings is 1. The van der Waals surface area contributed by atoms with E-state index in [0.29, 0.717) is 15.8 Å². The van der Waals surface area contributed by atoms with Crippen LogP contribution in [0.3, 0.4) is 0 Å². The van der Waals surface area contributed by atoms with E-state index in [0.717, 1.165) is 6.92 Å². The van der Waals surface area contributed by atoms with Gasteiger partial charge in [0.15, 0.2) is 5.78 Å². The quantitative estimate of drug-likeness (QED) is 0.782. The van der Waals surface area contributed by atoms with Gasteiger partial charge in [-0.05, 0) is 30.5 Å². The minimum absolute atomic E-state index is 0.259. The van der Waals surface area contributed by atoms with Crippen molar-refractivity contribution in [1.29, 1.82) is 0 Å². The molecule has 0 spiro atoms. The molecule has 1 unspecified atom stereocenters. The Bertz CT molecular complexity index is 878. The van der Waals surface area contributed by atoms with Crippen LogP contribution in [0.4, 0.5) is 4.39 Å². The number of halogens is 2. The zero-order valence-electron chi connectivity index (χ0n) is 16.2. The lowest BCUT2D eigenvalue weighted by Gasteiger charge is -2.12. The van der Waals surface area contributed by atoms with Crippen molar-refractivity contribution in [3.8, 4) is 0 Å². The summed E-state index contributed by atoms with van der Waals surface area (Å²) in [6.45, 7) is 5.07. The molecule has 0 radical (unpaired) electrons. The third-order valence-corrected chi connectivity index (χ3v) is 3.48. The lowest BCUT2D eigenvalue weighted by molar-refractivity contribution is -0.134. The summed E-state index contributed by atoms with van der Waals surface area (Å²) in [4.78, 5) is 44.2. The lowest BCUT2D eigenvalue weighted by Crippen LogP contribution is -2.42. The second kappa shape index (κ2) is 12.6. The third-order valence-electron chi connectivity index (χ3n) is 3.25. The second-order valence-corrected chi connectivity index (χ2v) is 5.82. The number of rotatable bonds is 5. The fourth-order valence-corrected chi connectivity index (χ4v) is 2.19. The number of carboxylic acid groups (broad SMARTS) is 1. The van der Waals surface area contributed by atoms with Crippen molar-refractivity contribution in [2.45, 2.75) is 40.3 Å². The SMILES string of the molecule is CC.CC(=O)O.CC(NC(=O)Cn1ccc2ccc(Cl)cc2c1=O)C(=O)CF. The molecule has 0 aliphatic carbocycles. The van der Waals surface area contributed by atoms with Gasteiger partial charge in [0.25, 0.3) is 11.5 Å². The molecule has 2 N–H and O–H groups in total. The Labute approximate surface area is 167 Å². The van der Waals surface area contributed by atoms with Gasteiger partial charge in [-0.15, -0.1) is 0 Å². The number of hydrogen-bond donors (Lipinski definition) is 2. The maximum Gasteiger partial charge on any atom is 0.300 e. The minimum atomic E-state index is -1.14. The number of pyridine rings is 1. The molecule has 9 heteroatoms. The Balaban J connectivity index is 0.00000108. The number of ketones is 1. The number of amides is 1. The molecule has 0 saturated heterocycles. The lowest BCUT2D eigenvalue weighted by atomic mass is 10.2. The highest BCUT2D eigenvalue weighted by atomic mass is 35.5. The Hall–Kier alpha value is -2.74. The third kappa shape index (κ3) is 8.30. The predicted octanol–water partition coefficient (Wildman–Crippen LogP) is 2.82. The van der Waals surface area contributed by atoms with E-state index >= 15 is 0 Å². The summed E-state index contributed by atoms with van der Waals surface area (Å²) in [5.74, 6) is -2.09. The van der Waals surface area contributed by atoms with Gasteiger partial charge in [-0.25, -0.2) is 4.39 Å². The molecule has 7 nitrogen and oxygen atoms in total. The number of carbonyl (C=O) groups excluding carboxylic acids is 2. The molecule has 0 bridgehead atoms. The van der Waals surface area contributed by atoms with Crippen molar-refractivity contribution < 1.29 is 23.9 Å². The Morgan fingerprint density at radius 2 is 1.82 bits per heavy atom. The Morgan fingerprint density at radius 1 is 1.25 bits per heavy atom. The van der Waals surface area contributed by atoms with E-state index in [2.05, 4.69) is 5.32 Å². The fraction of sp³-hybridized carbons (Fsp3) is 0.368. The molecular formula is C19H24ClFN2O5. The zero-order valence-corrected chi connectivity index (χ0v) is 16.9. The summed E-state index contributed by atoms with van der Waals surface area (Å²) in [5, 5.41) is 11.3. The fourth-order valence-electron chi connectivity index (χ4n) is 2.01. The van der Waals surface area contributed by atoms with Gasteiger partial charge in [-0.2, -0.15) is 0 Å². The van der Waals surface area contributed by atoms with Crippen molar-refractivity contribution in [2.24, 2.45) is 0 Å². The van der Waals surface area contributed by atoms with Crippen molar-refractivity contribution in [3.05, 3.63) is 45.8 Å². The maximum atomic E-state index is 12.3. The topological polar surface area (TPSA) is 105 Å². The highest BCUT2D eigenvalue weighted by molar-refractivity contribution is 6.31. The van der Waals surface area contributed by atoms with Crippen LogP contribution in [0, 0.1) is 0 Å². The number of hydrogen-bond acceptors (Lipinski definition) is 4. The van der Waals surface area contributed by atoms with Crippen LogP contribution >= 0.6 is 11.6 Å². The first kappa shape index (κ1) is 25.3. The van der Waals surface area contributed by atoms with Crippen LogP contribution in [0.1, 0.15) is 27.7 Å². The van der Waals surface area contributed by atoms with Crippen LogP contribution in [0.5, 0.6) is 0 Å². The summed E-state index contributed by atoms with van der Waals surface area (Å²) >= 11 is 5.87. The van der Waals surface area contributed by atoms with Crippen molar-refractivity contribution in [1.82, 2.24) is 9.88 Å². The molecule has 1 aromatic heterocycles. The average Bonchev–Trinajstić information content (AvgIpc) is 2.65. The molecule has 2 rings (SSSR count). The summed E-state index contributed by atoms with van der Waals surface area (Å²) in [6.07, 6.45) is 1.49. The number of alkyl halides is 1. The van der Waals surface area contributed by atoms with Gasteiger partial charge < -0.3 is 15.0 Å². The number of carboxylic acids is 1. The zero-order chi connectivity index (χ0) is 21.9. The van der Waals surface area contributed by atoms with E-state index in [1.54, 1.807) is 18.2 Å². The summed E-state index contributed by atoms with van der Waals surface area (Å²) in [7, 11) is 0. The maximum absolute atomic E-state index is 12.3. The molecule has 0 fully saturated rings. The van der Waals surface area contributed by atoms with Crippen LogP contribution in [-0.4, -0.2) is 40.0 Å². The number of nitrogens with one attached hydrogen (secondary N) is 1. The largest absolute Gasteiger partial charge is 0.481 e. The predicted molar refractivity (Wildman–Crippen MR) is 106 cm³/mol. The standard InChI is InChI=1S/C15H14ClFN2O3.C2H4O2.C2H6/c1-9(13(20)7-17)18-14(21)8-19-5-4-10-2-3-11(16)6-12(10)15(19)22;1-2(3)4;1-2/h2-6,9H,7-8H2,1H3,(H,18,21);1H3,(H,3,4);1-2H3. The van der Waals surface area contributed by atoms with Crippen molar-refractivity contribution >= 4 is 40.0 Å². The number of aliphatic carboxylic acids is 1. The highest BCUT2D eigenvalue weighted by Crippen LogP contribution is 2.15. The van der Waals surface area contributed by atoms with E-state index in [9.17, 15) is 18.8 Å². The van der Waals surface area contributed by atoms with E-state index in [4.69, 9.17) is 21.5 Å². The number of nitrogens with zero attached hydrogens (tertiary/aromatic N) is 1. The Kier molecular flexibility index (Phi) is 11.4. The van der Waals surface area contributed by atoms with Crippen molar-refractivity contribution in [2.75, 3.05) is 6.67 Å². The average molecular weight is 415 g/mol. The first-order chi connectivity index (χ1) is 13.1. The van der Waals surface area contributed by atoms with Crippen LogP contribution in [0.15, 0.2) is 35.3 Å². The van der Waals surface area contributed by atoms with Crippen molar-refractivity contribution in [3.63, 3.8) is 0 Å². The van der Waals surface area contributed by atoms with Gasteiger partial charge in [0.1, 0.15) is 13.2 Å². The van der Waals surface area contributed by atoms with Gasteiger partial charge in [-0.1, -0.05) is 31.5 Å². The molecule has 1 aromatic carbocycles. The number of aromatic nitrogens is 1. The molecule has 1 amide bonds. The molecule has 2 aromatic rings. The summed E-state index contributed by atoms with van der Waals surface area (Å²) < 4.78 is 13.4. The second-order valence-electron chi connectivity index (χ2n) is 5.39. The molecule has 0 aliphatic rings. The van der Waals surface area contributed by atoms with E-state index in [1.807, 2.05) is 13.8 Å². The molecule has 1 atom stereocenters. The van der Waals surface area contributed by atoms with Gasteiger partial charge in [0, 0.05) is 23.5 Å². The van der Waals surface area contributed by atoms with E-state index < -0.39 is 30.4 Å². The molecule has 1 heterocycles. The first-order valence-electron chi connectivity index (χ1n) is 8.52. The van der Waals surface area contributed by atoms with Gasteiger partial charge in [0.2, 0.25) is 5.91 Å². The van der Waals surface area contributed by atoms with Gasteiger partial charge >= 0.3 is 0 Å². The number of Topliss-reactive ketones (excluding diaryl/α,β-unsaturated/α-hetero) is 1. The Morgan fingerprint density at radius 3 is 2.36 bits per heavy atom. The molecule has 0 saturated carbocycles. The van der Waals surface area contributed by atoms with Gasteiger partial charge in [-0.3, -0.25) is 19.2 Å². The van der Waals surface area contributed by atoms with Gasteiger partial charge in [0.05, 0.1) is 6.04 Å². The van der Waals surface area contributed by atoms with E-state index in [-0.39, 0.29) is 12.1 Å². The van der Waals surface area contributed by atoms with Crippen LogP contribution in [0.25, 0.3) is 10.8 Å². The normalized spacial score (nSPS) is 10.6. The minimum Gasteiger partial charge on any atom is -0.481 e. The first-order valence-corrected chi connectivity index (χ1v) is 8.89. The highest BCUT2D eigenvalue weighted by Gasteiger charge is 2.15. The summed E-state index contributed by atoms with van der Waals surface area (Å²) in [6, 6.07) is 5.68. The van der Waals surface area contributed by atoms with E-state index in [1.165, 1.54) is 23.8 Å². The molecule has 28 heavy (non-hydrogen) atoms. The number of fused-ring (bicyclic) bond motifs is 1. The van der Waals surface area contributed by atoms with Crippen LogP contribution < -0.4 is 10.9 Å². The summed E-state index contributed by atoms with van der Waals surface area (Å²) in [5.41, 5.74) is -0.361.